The molecular formula is C24H21N3O3. The Labute approximate surface area is 175 Å². The summed E-state index contributed by atoms with van der Waals surface area (Å²) in [5.41, 5.74) is 3.00. The van der Waals surface area contributed by atoms with Gasteiger partial charge in [0.2, 0.25) is 0 Å². The van der Waals surface area contributed by atoms with Gasteiger partial charge in [-0.1, -0.05) is 24.3 Å². The van der Waals surface area contributed by atoms with Crippen molar-refractivity contribution >= 4 is 23.2 Å². The van der Waals surface area contributed by atoms with Gasteiger partial charge >= 0.3 is 0 Å². The maximum atomic E-state index is 12.6. The molecule has 2 amide bonds. The van der Waals surface area contributed by atoms with Crippen molar-refractivity contribution in [2.24, 2.45) is 0 Å². The molecule has 0 aliphatic rings. The van der Waals surface area contributed by atoms with Gasteiger partial charge in [-0.15, -0.1) is 0 Å². The van der Waals surface area contributed by atoms with E-state index in [1.807, 2.05) is 31.2 Å². The van der Waals surface area contributed by atoms with E-state index >= 15 is 0 Å². The van der Waals surface area contributed by atoms with Crippen LogP contribution < -0.4 is 15.4 Å². The minimum Gasteiger partial charge on any atom is -0.481 e. The van der Waals surface area contributed by atoms with Crippen LogP contribution in [0.25, 0.3) is 0 Å². The topological polar surface area (TPSA) is 91.2 Å². The van der Waals surface area contributed by atoms with Crippen molar-refractivity contribution in [3.05, 3.63) is 89.5 Å². The number of hydrogen-bond acceptors (Lipinski definition) is 4. The Morgan fingerprint density at radius 3 is 2.33 bits per heavy atom. The predicted octanol–water partition coefficient (Wildman–Crippen LogP) is 4.53. The number of ether oxygens (including phenoxy) is 1. The van der Waals surface area contributed by atoms with Crippen LogP contribution in [0.3, 0.4) is 0 Å². The number of carbonyl (C=O) groups is 2. The van der Waals surface area contributed by atoms with E-state index in [2.05, 4.69) is 10.6 Å². The number of rotatable bonds is 6. The molecule has 150 valence electrons. The van der Waals surface area contributed by atoms with E-state index in [-0.39, 0.29) is 11.8 Å². The summed E-state index contributed by atoms with van der Waals surface area (Å²) in [6.45, 7) is 3.48. The van der Waals surface area contributed by atoms with Crippen molar-refractivity contribution in [1.29, 1.82) is 5.26 Å². The molecule has 0 aromatic heterocycles. The molecule has 0 spiro atoms. The van der Waals surface area contributed by atoms with Crippen LogP contribution in [0.5, 0.6) is 5.75 Å². The second-order valence-electron chi connectivity index (χ2n) is 6.74. The number of para-hydroxylation sites is 1. The number of nitrogens with zero attached hydrogens (tertiary/aromatic N) is 1. The maximum Gasteiger partial charge on any atom is 0.265 e. The molecular weight excluding hydrogens is 378 g/mol. The second-order valence-corrected chi connectivity index (χ2v) is 6.74. The van der Waals surface area contributed by atoms with E-state index in [0.717, 1.165) is 5.56 Å². The summed E-state index contributed by atoms with van der Waals surface area (Å²) in [5.74, 6) is -0.119. The van der Waals surface area contributed by atoms with Gasteiger partial charge in [0.1, 0.15) is 5.75 Å². The summed E-state index contributed by atoms with van der Waals surface area (Å²) < 4.78 is 5.64. The van der Waals surface area contributed by atoms with E-state index in [1.165, 1.54) is 0 Å². The molecule has 0 saturated carbocycles. The highest BCUT2D eigenvalue weighted by molar-refractivity contribution is 6.05. The Hall–Kier alpha value is -4.11. The molecule has 6 heteroatoms. The Morgan fingerprint density at radius 2 is 1.67 bits per heavy atom. The van der Waals surface area contributed by atoms with Gasteiger partial charge in [0, 0.05) is 16.9 Å². The number of carbonyl (C=O) groups excluding carboxylic acids is 2. The molecule has 0 fully saturated rings. The Morgan fingerprint density at radius 1 is 0.967 bits per heavy atom. The third-order valence-corrected chi connectivity index (χ3v) is 4.45. The fraction of sp³-hybridized carbons (Fsp3) is 0.125. The van der Waals surface area contributed by atoms with E-state index in [4.69, 9.17) is 10.00 Å². The fourth-order valence-electron chi connectivity index (χ4n) is 2.72. The zero-order valence-electron chi connectivity index (χ0n) is 16.7. The molecule has 0 radical (unpaired) electrons. The van der Waals surface area contributed by atoms with E-state index in [0.29, 0.717) is 28.3 Å². The molecule has 3 aromatic rings. The molecule has 0 aliphatic heterocycles. The van der Waals surface area contributed by atoms with Crippen molar-refractivity contribution in [2.45, 2.75) is 20.0 Å². The number of aryl methyl sites for hydroxylation is 1. The van der Waals surface area contributed by atoms with Gasteiger partial charge in [-0.25, -0.2) is 0 Å². The SMILES string of the molecule is Cc1ccc(C(=O)Nc2ccccc2)cc1NC(=O)C(C)Oc1ccc(C#N)cc1. The number of nitrogens with one attached hydrogen (secondary N) is 2. The predicted molar refractivity (Wildman–Crippen MR) is 115 cm³/mol. The highest BCUT2D eigenvalue weighted by Gasteiger charge is 2.17. The Kier molecular flexibility index (Phi) is 6.46. The van der Waals surface area contributed by atoms with Gasteiger partial charge in [-0.2, -0.15) is 5.26 Å². The lowest BCUT2D eigenvalue weighted by atomic mass is 10.1. The number of amides is 2. The maximum absolute atomic E-state index is 12.6. The third kappa shape index (κ3) is 5.24. The van der Waals surface area contributed by atoms with Gasteiger partial charge in [0.05, 0.1) is 11.6 Å². The van der Waals surface area contributed by atoms with Crippen molar-refractivity contribution in [3.8, 4) is 11.8 Å². The first kappa shape index (κ1) is 20.6. The normalized spacial score (nSPS) is 11.1. The van der Waals surface area contributed by atoms with Crippen molar-refractivity contribution in [1.82, 2.24) is 0 Å². The summed E-state index contributed by atoms with van der Waals surface area (Å²) >= 11 is 0. The molecule has 3 rings (SSSR count). The first-order chi connectivity index (χ1) is 14.5. The minimum atomic E-state index is -0.765. The molecule has 0 bridgehead atoms. The molecule has 2 N–H and O–H groups in total. The molecule has 1 atom stereocenters. The number of benzene rings is 3. The van der Waals surface area contributed by atoms with Gasteiger partial charge in [-0.3, -0.25) is 9.59 Å². The van der Waals surface area contributed by atoms with Crippen LogP contribution in [-0.4, -0.2) is 17.9 Å². The molecule has 0 saturated heterocycles. The lowest BCUT2D eigenvalue weighted by Gasteiger charge is -2.16. The van der Waals surface area contributed by atoms with E-state index in [9.17, 15) is 9.59 Å². The summed E-state index contributed by atoms with van der Waals surface area (Å²) in [5, 5.41) is 14.5. The summed E-state index contributed by atoms with van der Waals surface area (Å²) in [6.07, 6.45) is -0.765. The van der Waals surface area contributed by atoms with Crippen LogP contribution in [0.1, 0.15) is 28.4 Å². The van der Waals surface area contributed by atoms with Gasteiger partial charge < -0.3 is 15.4 Å². The smallest absolute Gasteiger partial charge is 0.265 e. The fourth-order valence-corrected chi connectivity index (χ4v) is 2.72. The molecule has 1 unspecified atom stereocenters. The van der Waals surface area contributed by atoms with Gasteiger partial charge in [0.25, 0.3) is 11.8 Å². The summed E-state index contributed by atoms with van der Waals surface area (Å²) in [4.78, 5) is 25.1. The number of hydrogen-bond donors (Lipinski definition) is 2. The largest absolute Gasteiger partial charge is 0.481 e. The zero-order valence-corrected chi connectivity index (χ0v) is 16.7. The molecule has 30 heavy (non-hydrogen) atoms. The van der Waals surface area contributed by atoms with Crippen LogP contribution in [-0.2, 0) is 4.79 Å². The third-order valence-electron chi connectivity index (χ3n) is 4.45. The molecule has 0 heterocycles. The Balaban J connectivity index is 1.67. The second kappa shape index (κ2) is 9.39. The monoisotopic (exact) mass is 399 g/mol. The lowest BCUT2D eigenvalue weighted by Crippen LogP contribution is -2.30. The van der Waals surface area contributed by atoms with Crippen molar-refractivity contribution in [3.63, 3.8) is 0 Å². The summed E-state index contributed by atoms with van der Waals surface area (Å²) in [7, 11) is 0. The molecule has 0 aliphatic carbocycles. The average molecular weight is 399 g/mol. The minimum absolute atomic E-state index is 0.265. The zero-order chi connectivity index (χ0) is 21.5. The first-order valence-electron chi connectivity index (χ1n) is 9.41. The van der Waals surface area contributed by atoms with E-state index in [1.54, 1.807) is 61.5 Å². The highest BCUT2D eigenvalue weighted by atomic mass is 16.5. The first-order valence-corrected chi connectivity index (χ1v) is 9.41. The average Bonchev–Trinajstić information content (AvgIpc) is 2.76. The van der Waals surface area contributed by atoms with Crippen molar-refractivity contribution in [2.75, 3.05) is 10.6 Å². The van der Waals surface area contributed by atoms with E-state index < -0.39 is 6.10 Å². The van der Waals surface area contributed by atoms with Crippen LogP contribution >= 0.6 is 0 Å². The van der Waals surface area contributed by atoms with Crippen LogP contribution in [0, 0.1) is 18.3 Å². The van der Waals surface area contributed by atoms with Gasteiger partial charge in [-0.05, 0) is 67.9 Å². The summed E-state index contributed by atoms with van der Waals surface area (Å²) in [6, 6.07) is 22.8. The van der Waals surface area contributed by atoms with Crippen LogP contribution in [0.2, 0.25) is 0 Å². The van der Waals surface area contributed by atoms with Crippen LogP contribution in [0.15, 0.2) is 72.8 Å². The molecule has 6 nitrogen and oxygen atoms in total. The highest BCUT2D eigenvalue weighted by Crippen LogP contribution is 2.20. The standard InChI is InChI=1S/C24H21N3O3/c1-16-8-11-19(24(29)26-20-6-4-3-5-7-20)14-22(16)27-23(28)17(2)30-21-12-9-18(15-25)10-13-21/h3-14,17H,1-2H3,(H,26,29)(H,27,28). The van der Waals surface area contributed by atoms with Crippen LogP contribution in [0.4, 0.5) is 11.4 Å². The quantitative estimate of drug-likeness (QED) is 0.637. The number of nitriles is 1. The Bertz CT molecular complexity index is 1090. The van der Waals surface area contributed by atoms with Crippen molar-refractivity contribution < 1.29 is 14.3 Å². The lowest BCUT2D eigenvalue weighted by molar-refractivity contribution is -0.122. The van der Waals surface area contributed by atoms with Gasteiger partial charge in [0.15, 0.2) is 6.10 Å². The molecule has 3 aromatic carbocycles. The number of anilines is 2.